The Hall–Kier alpha value is -2.15. The zero-order chi connectivity index (χ0) is 17.1. The number of carbonyl (C=O) groups is 2. The van der Waals surface area contributed by atoms with Crippen molar-refractivity contribution in [2.75, 3.05) is 13.1 Å². The first-order valence-corrected chi connectivity index (χ1v) is 9.02. The maximum Gasteiger partial charge on any atom is 0.270 e. The van der Waals surface area contributed by atoms with Gasteiger partial charge in [-0.15, -0.1) is 11.3 Å². The Balaban J connectivity index is 1.66. The molecule has 3 heterocycles. The molecule has 6 nitrogen and oxygen atoms in total. The van der Waals surface area contributed by atoms with Crippen molar-refractivity contribution in [3.05, 3.63) is 40.1 Å². The smallest absolute Gasteiger partial charge is 0.270 e. The molecule has 0 spiro atoms. The van der Waals surface area contributed by atoms with Crippen molar-refractivity contribution in [2.24, 2.45) is 7.05 Å². The van der Waals surface area contributed by atoms with E-state index in [1.807, 2.05) is 40.2 Å². The summed E-state index contributed by atoms with van der Waals surface area (Å²) in [5.41, 5.74) is 1.61. The molecule has 1 aliphatic rings. The quantitative estimate of drug-likeness (QED) is 0.922. The van der Waals surface area contributed by atoms with Crippen LogP contribution < -0.4 is 5.32 Å². The second-order valence-electron chi connectivity index (χ2n) is 6.18. The van der Waals surface area contributed by atoms with Crippen LogP contribution in [-0.2, 0) is 18.4 Å². The minimum absolute atomic E-state index is 0.0541. The number of aryl methyl sites for hydroxylation is 1. The van der Waals surface area contributed by atoms with Crippen LogP contribution in [0.5, 0.6) is 0 Å². The molecule has 1 saturated heterocycles. The highest BCUT2D eigenvalue weighted by atomic mass is 32.1. The molecule has 2 aromatic rings. The SMILES string of the molecule is CC(=O)NCc1csc(C2CCCN(C(=O)c3cccn3C)C2)n1. The molecule has 7 heteroatoms. The number of nitrogens with zero attached hydrogens (tertiary/aromatic N) is 3. The molecule has 1 fully saturated rings. The van der Waals surface area contributed by atoms with E-state index in [9.17, 15) is 9.59 Å². The molecular formula is C17H22N4O2S. The summed E-state index contributed by atoms with van der Waals surface area (Å²) >= 11 is 1.62. The second-order valence-corrected chi connectivity index (χ2v) is 7.07. The normalized spacial score (nSPS) is 17.8. The van der Waals surface area contributed by atoms with Crippen molar-refractivity contribution in [3.8, 4) is 0 Å². The Kier molecular flexibility index (Phi) is 4.99. The second kappa shape index (κ2) is 7.17. The van der Waals surface area contributed by atoms with Gasteiger partial charge in [0, 0.05) is 44.6 Å². The number of nitrogens with one attached hydrogen (secondary N) is 1. The molecule has 0 bridgehead atoms. The number of likely N-dealkylation sites (tertiary alicyclic amines) is 1. The van der Waals surface area contributed by atoms with Crippen LogP contribution in [0.3, 0.4) is 0 Å². The van der Waals surface area contributed by atoms with Crippen LogP contribution in [0.4, 0.5) is 0 Å². The monoisotopic (exact) mass is 346 g/mol. The predicted octanol–water partition coefficient (Wildman–Crippen LogP) is 2.14. The molecule has 128 valence electrons. The van der Waals surface area contributed by atoms with Gasteiger partial charge >= 0.3 is 0 Å². The van der Waals surface area contributed by atoms with E-state index < -0.39 is 0 Å². The van der Waals surface area contributed by atoms with Gasteiger partial charge in [-0.05, 0) is 25.0 Å². The Morgan fingerprint density at radius 2 is 2.29 bits per heavy atom. The average Bonchev–Trinajstić information content (AvgIpc) is 3.21. The largest absolute Gasteiger partial charge is 0.351 e. The van der Waals surface area contributed by atoms with Gasteiger partial charge in [0.15, 0.2) is 0 Å². The van der Waals surface area contributed by atoms with E-state index in [0.717, 1.165) is 35.8 Å². The van der Waals surface area contributed by atoms with E-state index in [-0.39, 0.29) is 17.7 Å². The van der Waals surface area contributed by atoms with Crippen LogP contribution in [0.15, 0.2) is 23.7 Å². The zero-order valence-electron chi connectivity index (χ0n) is 14.0. The molecule has 0 aromatic carbocycles. The van der Waals surface area contributed by atoms with E-state index in [2.05, 4.69) is 10.3 Å². The molecule has 0 radical (unpaired) electrons. The van der Waals surface area contributed by atoms with E-state index in [1.165, 1.54) is 6.92 Å². The fourth-order valence-corrected chi connectivity index (χ4v) is 3.96. The molecule has 0 saturated carbocycles. The first-order chi connectivity index (χ1) is 11.5. The van der Waals surface area contributed by atoms with Gasteiger partial charge in [-0.1, -0.05) is 0 Å². The van der Waals surface area contributed by atoms with E-state index in [0.29, 0.717) is 13.1 Å². The minimum atomic E-state index is -0.0541. The van der Waals surface area contributed by atoms with Crippen molar-refractivity contribution in [1.29, 1.82) is 0 Å². The summed E-state index contributed by atoms with van der Waals surface area (Å²) in [7, 11) is 1.89. The number of carbonyl (C=O) groups excluding carboxylic acids is 2. The summed E-state index contributed by atoms with van der Waals surface area (Å²) in [6.07, 6.45) is 3.93. The number of rotatable bonds is 4. The number of thiazole rings is 1. The van der Waals surface area contributed by atoms with Crippen LogP contribution in [-0.4, -0.2) is 39.4 Å². The number of hydrogen-bond acceptors (Lipinski definition) is 4. The van der Waals surface area contributed by atoms with E-state index in [4.69, 9.17) is 0 Å². The lowest BCUT2D eigenvalue weighted by Gasteiger charge is -2.32. The van der Waals surface area contributed by atoms with Crippen molar-refractivity contribution in [3.63, 3.8) is 0 Å². The van der Waals surface area contributed by atoms with Gasteiger partial charge in [-0.3, -0.25) is 9.59 Å². The molecule has 1 aliphatic heterocycles. The maximum absolute atomic E-state index is 12.7. The Morgan fingerprint density at radius 1 is 1.46 bits per heavy atom. The van der Waals surface area contributed by atoms with Gasteiger partial charge in [0.2, 0.25) is 5.91 Å². The fourth-order valence-electron chi connectivity index (χ4n) is 3.01. The molecule has 24 heavy (non-hydrogen) atoms. The number of aromatic nitrogens is 2. The van der Waals surface area contributed by atoms with Crippen LogP contribution >= 0.6 is 11.3 Å². The van der Waals surface area contributed by atoms with Crippen LogP contribution in [0.1, 0.15) is 46.9 Å². The van der Waals surface area contributed by atoms with Gasteiger partial charge in [0.05, 0.1) is 17.2 Å². The van der Waals surface area contributed by atoms with E-state index in [1.54, 1.807) is 11.3 Å². The molecular weight excluding hydrogens is 324 g/mol. The van der Waals surface area contributed by atoms with E-state index >= 15 is 0 Å². The van der Waals surface area contributed by atoms with Crippen molar-refractivity contribution >= 4 is 23.2 Å². The highest BCUT2D eigenvalue weighted by Gasteiger charge is 2.28. The first-order valence-electron chi connectivity index (χ1n) is 8.14. The Bertz CT molecular complexity index is 737. The van der Waals surface area contributed by atoms with Gasteiger partial charge in [0.1, 0.15) is 5.69 Å². The Morgan fingerprint density at radius 3 is 3.00 bits per heavy atom. The highest BCUT2D eigenvalue weighted by molar-refractivity contribution is 7.09. The molecule has 3 rings (SSSR count). The van der Waals surface area contributed by atoms with Gasteiger partial charge in [0.25, 0.3) is 5.91 Å². The average molecular weight is 346 g/mol. The lowest BCUT2D eigenvalue weighted by Crippen LogP contribution is -2.39. The summed E-state index contributed by atoms with van der Waals surface area (Å²) < 4.78 is 1.86. The van der Waals surface area contributed by atoms with Gasteiger partial charge in [-0.25, -0.2) is 4.98 Å². The van der Waals surface area contributed by atoms with Crippen molar-refractivity contribution < 1.29 is 9.59 Å². The summed E-state index contributed by atoms with van der Waals surface area (Å²) in [5, 5.41) is 5.81. The predicted molar refractivity (Wildman–Crippen MR) is 92.9 cm³/mol. The molecule has 1 unspecified atom stereocenters. The third-order valence-electron chi connectivity index (χ3n) is 4.31. The number of piperidine rings is 1. The molecule has 0 aliphatic carbocycles. The van der Waals surface area contributed by atoms with Gasteiger partial charge in [-0.2, -0.15) is 0 Å². The zero-order valence-corrected chi connectivity index (χ0v) is 14.8. The topological polar surface area (TPSA) is 67.2 Å². The number of hydrogen-bond donors (Lipinski definition) is 1. The van der Waals surface area contributed by atoms with Crippen LogP contribution in [0.25, 0.3) is 0 Å². The molecule has 2 amide bonds. The van der Waals surface area contributed by atoms with Crippen LogP contribution in [0, 0.1) is 0 Å². The first kappa shape index (κ1) is 16.7. The number of amides is 2. The summed E-state index contributed by atoms with van der Waals surface area (Å²) in [4.78, 5) is 30.3. The van der Waals surface area contributed by atoms with Crippen molar-refractivity contribution in [1.82, 2.24) is 19.8 Å². The van der Waals surface area contributed by atoms with Gasteiger partial charge < -0.3 is 14.8 Å². The minimum Gasteiger partial charge on any atom is -0.351 e. The molecule has 2 aromatic heterocycles. The molecule has 1 atom stereocenters. The molecule has 1 N–H and O–H groups in total. The summed E-state index contributed by atoms with van der Waals surface area (Å²) in [6, 6.07) is 3.75. The highest BCUT2D eigenvalue weighted by Crippen LogP contribution is 2.30. The third-order valence-corrected chi connectivity index (χ3v) is 5.36. The standard InChI is InChI=1S/C17H22N4O2S/c1-12(22)18-9-14-11-24-16(19-14)13-5-3-8-21(10-13)17(23)15-6-4-7-20(15)2/h4,6-7,11,13H,3,5,8-10H2,1-2H3,(H,18,22). The summed E-state index contributed by atoms with van der Waals surface area (Å²) in [6.45, 7) is 3.47. The Labute approximate surface area is 145 Å². The maximum atomic E-state index is 12.7. The third kappa shape index (κ3) is 3.67. The lowest BCUT2D eigenvalue weighted by atomic mass is 9.98. The van der Waals surface area contributed by atoms with Crippen molar-refractivity contribution in [2.45, 2.75) is 32.2 Å². The summed E-state index contributed by atoms with van der Waals surface area (Å²) in [5.74, 6) is 0.308. The fraction of sp³-hybridized carbons (Fsp3) is 0.471. The lowest BCUT2D eigenvalue weighted by molar-refractivity contribution is -0.119. The van der Waals surface area contributed by atoms with Crippen LogP contribution in [0.2, 0.25) is 0 Å².